The van der Waals surface area contributed by atoms with Crippen molar-refractivity contribution in [3.05, 3.63) is 34.4 Å². The highest BCUT2D eigenvalue weighted by Crippen LogP contribution is 2.21. The smallest absolute Gasteiger partial charge is 0.0133 e. The molecule has 0 heteroatoms. The first-order valence-electron chi connectivity index (χ1n) is 4.13. The summed E-state index contributed by atoms with van der Waals surface area (Å²) in [6.07, 6.45) is 5.69. The van der Waals surface area contributed by atoms with Gasteiger partial charge in [0.05, 0.1) is 0 Å². The number of rotatable bonds is 0. The minimum absolute atomic E-state index is 1.11. The van der Waals surface area contributed by atoms with E-state index >= 15 is 0 Å². The molecule has 0 heterocycles. The van der Waals surface area contributed by atoms with E-state index in [4.69, 9.17) is 0 Å². The maximum absolute atomic E-state index is 2.30. The quantitative estimate of drug-likeness (QED) is 0.492. The molecule has 0 aromatic rings. The Morgan fingerprint density at radius 2 is 1.73 bits per heavy atom. The van der Waals surface area contributed by atoms with Crippen LogP contribution in [0, 0.1) is 0 Å². The van der Waals surface area contributed by atoms with Gasteiger partial charge in [-0.05, 0) is 45.3 Å². The molecule has 0 aromatic carbocycles. The second-order valence-corrected chi connectivity index (χ2v) is 3.39. The van der Waals surface area contributed by atoms with Crippen LogP contribution in [0.15, 0.2) is 34.4 Å². The van der Waals surface area contributed by atoms with Crippen molar-refractivity contribution in [2.75, 3.05) is 0 Å². The molecule has 0 aliphatic heterocycles. The molecule has 0 fully saturated rings. The van der Waals surface area contributed by atoms with Crippen LogP contribution in [-0.4, -0.2) is 0 Å². The van der Waals surface area contributed by atoms with Gasteiger partial charge in [-0.2, -0.15) is 0 Å². The average Bonchev–Trinajstić information content (AvgIpc) is 2.05. The number of hydrogen-bond donors (Lipinski definition) is 0. The Kier molecular flexibility index (Phi) is 2.33. The lowest BCUT2D eigenvalue weighted by Crippen LogP contribution is -1.80. The standard InChI is InChI=1S/C11H16/c1-8-5-6-9(2)11(4)10(3)7-8/h6-7H,5H2,1-4H3. The Hall–Kier alpha value is -0.780. The van der Waals surface area contributed by atoms with E-state index in [-0.39, 0.29) is 0 Å². The van der Waals surface area contributed by atoms with Gasteiger partial charge in [0.15, 0.2) is 0 Å². The zero-order chi connectivity index (χ0) is 8.43. The summed E-state index contributed by atoms with van der Waals surface area (Å²) in [5.41, 5.74) is 5.73. The highest BCUT2D eigenvalue weighted by molar-refractivity contribution is 5.40. The van der Waals surface area contributed by atoms with Gasteiger partial charge in [0.2, 0.25) is 0 Å². The van der Waals surface area contributed by atoms with E-state index in [0.717, 1.165) is 6.42 Å². The molecule has 0 N–H and O–H groups in total. The van der Waals surface area contributed by atoms with Gasteiger partial charge >= 0.3 is 0 Å². The summed E-state index contributed by atoms with van der Waals surface area (Å²) in [7, 11) is 0. The lowest BCUT2D eigenvalue weighted by Gasteiger charge is -2.01. The van der Waals surface area contributed by atoms with Gasteiger partial charge < -0.3 is 0 Å². The first kappa shape index (κ1) is 8.32. The van der Waals surface area contributed by atoms with E-state index in [2.05, 4.69) is 39.8 Å². The third-order valence-corrected chi connectivity index (χ3v) is 2.38. The molecule has 0 spiro atoms. The largest absolute Gasteiger partial charge is 0.0773 e. The molecule has 0 aromatic heterocycles. The molecule has 60 valence electrons. The van der Waals surface area contributed by atoms with Crippen LogP contribution in [-0.2, 0) is 0 Å². The molecular weight excluding hydrogens is 132 g/mol. The monoisotopic (exact) mass is 148 g/mol. The summed E-state index contributed by atoms with van der Waals surface area (Å²) in [4.78, 5) is 0. The van der Waals surface area contributed by atoms with Gasteiger partial charge in [-0.1, -0.05) is 23.3 Å². The van der Waals surface area contributed by atoms with Crippen molar-refractivity contribution >= 4 is 0 Å². The zero-order valence-electron chi connectivity index (χ0n) is 7.86. The Morgan fingerprint density at radius 1 is 1.09 bits per heavy atom. The van der Waals surface area contributed by atoms with E-state index < -0.39 is 0 Å². The second kappa shape index (κ2) is 3.08. The number of hydrogen-bond acceptors (Lipinski definition) is 0. The van der Waals surface area contributed by atoms with Crippen molar-refractivity contribution in [1.29, 1.82) is 0 Å². The van der Waals surface area contributed by atoms with Crippen LogP contribution >= 0.6 is 0 Å². The van der Waals surface area contributed by atoms with Crippen molar-refractivity contribution in [2.45, 2.75) is 34.1 Å². The molecule has 1 aliphatic rings. The second-order valence-electron chi connectivity index (χ2n) is 3.39. The van der Waals surface area contributed by atoms with Crippen LogP contribution in [0.4, 0.5) is 0 Å². The van der Waals surface area contributed by atoms with E-state index in [1.807, 2.05) is 0 Å². The Morgan fingerprint density at radius 3 is 2.36 bits per heavy atom. The van der Waals surface area contributed by atoms with Gasteiger partial charge in [-0.15, -0.1) is 0 Å². The van der Waals surface area contributed by atoms with Gasteiger partial charge in [0.25, 0.3) is 0 Å². The molecule has 0 atom stereocenters. The molecule has 0 radical (unpaired) electrons. The molecule has 0 nitrogen and oxygen atoms in total. The lowest BCUT2D eigenvalue weighted by atomic mass is 10.1. The van der Waals surface area contributed by atoms with Gasteiger partial charge in [0, 0.05) is 0 Å². The SMILES string of the molecule is CC1=CC(C)=C(C)C(C)=CC1. The van der Waals surface area contributed by atoms with Gasteiger partial charge in [-0.3, -0.25) is 0 Å². The summed E-state index contributed by atoms with van der Waals surface area (Å²) in [5, 5.41) is 0. The van der Waals surface area contributed by atoms with Crippen molar-refractivity contribution in [3.63, 3.8) is 0 Å². The fraction of sp³-hybridized carbons (Fsp3) is 0.455. The van der Waals surface area contributed by atoms with E-state index in [1.54, 1.807) is 0 Å². The highest BCUT2D eigenvalue weighted by Gasteiger charge is 2.01. The zero-order valence-corrected chi connectivity index (χ0v) is 7.86. The third-order valence-electron chi connectivity index (χ3n) is 2.38. The highest BCUT2D eigenvalue weighted by atomic mass is 14.1. The Bertz CT molecular complexity index is 249. The van der Waals surface area contributed by atoms with Gasteiger partial charge in [-0.25, -0.2) is 0 Å². The summed E-state index contributed by atoms with van der Waals surface area (Å²) < 4.78 is 0. The lowest BCUT2D eigenvalue weighted by molar-refractivity contribution is 1.19. The molecular formula is C11H16. The average molecular weight is 148 g/mol. The van der Waals surface area contributed by atoms with Crippen LogP contribution in [0.5, 0.6) is 0 Å². The Balaban J connectivity index is 3.08. The van der Waals surface area contributed by atoms with E-state index in [9.17, 15) is 0 Å². The van der Waals surface area contributed by atoms with Crippen LogP contribution in [0.3, 0.4) is 0 Å². The summed E-state index contributed by atoms with van der Waals surface area (Å²) in [6.45, 7) is 8.74. The molecule has 0 saturated carbocycles. The normalized spacial score (nSPS) is 19.3. The molecule has 0 saturated heterocycles. The van der Waals surface area contributed by atoms with Crippen molar-refractivity contribution < 1.29 is 0 Å². The van der Waals surface area contributed by atoms with Crippen molar-refractivity contribution in [3.8, 4) is 0 Å². The minimum atomic E-state index is 1.11. The van der Waals surface area contributed by atoms with Crippen LogP contribution in [0.1, 0.15) is 34.1 Å². The van der Waals surface area contributed by atoms with Crippen molar-refractivity contribution in [1.82, 2.24) is 0 Å². The summed E-state index contributed by atoms with van der Waals surface area (Å²) in [5.74, 6) is 0. The van der Waals surface area contributed by atoms with E-state index in [0.29, 0.717) is 0 Å². The molecule has 0 bridgehead atoms. The maximum Gasteiger partial charge on any atom is -0.0133 e. The predicted molar refractivity (Wildman–Crippen MR) is 50.5 cm³/mol. The fourth-order valence-corrected chi connectivity index (χ4v) is 1.31. The topological polar surface area (TPSA) is 0 Å². The van der Waals surface area contributed by atoms with Crippen LogP contribution in [0.2, 0.25) is 0 Å². The first-order chi connectivity index (χ1) is 5.11. The Labute approximate surface area is 69.3 Å². The molecule has 0 unspecified atom stereocenters. The molecule has 11 heavy (non-hydrogen) atoms. The summed E-state index contributed by atoms with van der Waals surface area (Å²) in [6, 6.07) is 0. The molecule has 1 aliphatic carbocycles. The van der Waals surface area contributed by atoms with Crippen LogP contribution < -0.4 is 0 Å². The molecule has 1 rings (SSSR count). The van der Waals surface area contributed by atoms with E-state index in [1.165, 1.54) is 22.3 Å². The van der Waals surface area contributed by atoms with Gasteiger partial charge in [0.1, 0.15) is 0 Å². The molecule has 0 amide bonds. The van der Waals surface area contributed by atoms with Crippen molar-refractivity contribution in [2.24, 2.45) is 0 Å². The summed E-state index contributed by atoms with van der Waals surface area (Å²) >= 11 is 0. The predicted octanol–water partition coefficient (Wildman–Crippen LogP) is 3.62. The maximum atomic E-state index is 2.30. The fourth-order valence-electron chi connectivity index (χ4n) is 1.31. The first-order valence-corrected chi connectivity index (χ1v) is 4.13. The number of allylic oxidation sites excluding steroid dienone is 6. The minimum Gasteiger partial charge on any atom is -0.0773 e. The third kappa shape index (κ3) is 1.83. The van der Waals surface area contributed by atoms with Crippen LogP contribution in [0.25, 0.3) is 0 Å².